The van der Waals surface area contributed by atoms with Crippen LogP contribution in [-0.4, -0.2) is 27.3 Å². The number of fused-ring (bicyclic) bond motifs is 1. The molecule has 1 aromatic heterocycles. The zero-order chi connectivity index (χ0) is 17.4. The number of carbonyl (C=O) groups excluding carboxylic acids is 1. The van der Waals surface area contributed by atoms with Gasteiger partial charge in [0.25, 0.3) is 0 Å². The number of Topliss-reactive ketones (excluding diaryl/α,β-unsaturated/α-hetero) is 1. The molecule has 1 aliphatic carbocycles. The van der Waals surface area contributed by atoms with Crippen molar-refractivity contribution in [3.05, 3.63) is 17.0 Å². The fraction of sp³-hybridized carbons (Fsp3) is 0.789. The molecule has 0 saturated carbocycles. The van der Waals surface area contributed by atoms with Crippen LogP contribution in [0.25, 0.3) is 0 Å². The summed E-state index contributed by atoms with van der Waals surface area (Å²) < 4.78 is 1.87. The van der Waals surface area contributed by atoms with Crippen LogP contribution in [0, 0.1) is 16.7 Å². The molecule has 23 heavy (non-hydrogen) atoms. The molecule has 0 bridgehead atoms. The monoisotopic (exact) mass is 320 g/mol. The second-order valence-electron chi connectivity index (χ2n) is 9.23. The Bertz CT molecular complexity index is 579. The van der Waals surface area contributed by atoms with Crippen LogP contribution in [0.2, 0.25) is 0 Å². The highest BCUT2D eigenvalue weighted by Crippen LogP contribution is 2.37. The molecule has 4 nitrogen and oxygen atoms in total. The number of carbonyl (C=O) groups is 1. The number of hydrogen-bond acceptors (Lipinski definition) is 3. The number of rotatable bonds is 5. The van der Waals surface area contributed by atoms with E-state index in [9.17, 15) is 9.90 Å². The highest BCUT2D eigenvalue weighted by molar-refractivity contribution is 5.99. The lowest BCUT2D eigenvalue weighted by Gasteiger charge is -2.29. The van der Waals surface area contributed by atoms with E-state index in [4.69, 9.17) is 5.10 Å². The first kappa shape index (κ1) is 18.2. The number of nitrogens with zero attached hydrogens (tertiary/aromatic N) is 2. The van der Waals surface area contributed by atoms with E-state index in [1.807, 2.05) is 4.68 Å². The van der Waals surface area contributed by atoms with Gasteiger partial charge in [0.15, 0.2) is 5.78 Å². The maximum absolute atomic E-state index is 12.7. The lowest BCUT2D eigenvalue weighted by atomic mass is 9.75. The van der Waals surface area contributed by atoms with Crippen LogP contribution in [0.15, 0.2) is 0 Å². The molecule has 0 amide bonds. The molecule has 1 N–H and O–H groups in total. The van der Waals surface area contributed by atoms with E-state index in [0.717, 1.165) is 36.2 Å². The maximum Gasteiger partial charge on any atom is 0.167 e. The standard InChI is InChI=1S/C19H32N2O2/c1-13(10-18(2,3)4)9-14-17-15(21(20-14)7-8-22)11-19(5,6)12-16(17)23/h13,22H,7-12H2,1-6H3. The van der Waals surface area contributed by atoms with Gasteiger partial charge in [0.1, 0.15) is 0 Å². The largest absolute Gasteiger partial charge is 0.394 e. The first-order valence-corrected chi connectivity index (χ1v) is 8.75. The van der Waals surface area contributed by atoms with Gasteiger partial charge in [0, 0.05) is 6.42 Å². The smallest absolute Gasteiger partial charge is 0.167 e. The maximum atomic E-state index is 12.7. The number of hydrogen-bond donors (Lipinski definition) is 1. The highest BCUT2D eigenvalue weighted by atomic mass is 16.3. The summed E-state index contributed by atoms with van der Waals surface area (Å²) in [4.78, 5) is 12.7. The van der Waals surface area contributed by atoms with Crippen molar-refractivity contribution in [2.75, 3.05) is 6.61 Å². The molecule has 2 rings (SSSR count). The van der Waals surface area contributed by atoms with Gasteiger partial charge in [0.2, 0.25) is 0 Å². The fourth-order valence-corrected chi connectivity index (χ4v) is 3.96. The number of aliphatic hydroxyl groups excluding tert-OH is 1. The predicted molar refractivity (Wildman–Crippen MR) is 92.7 cm³/mol. The van der Waals surface area contributed by atoms with Gasteiger partial charge in [-0.2, -0.15) is 5.10 Å². The summed E-state index contributed by atoms with van der Waals surface area (Å²) in [6, 6.07) is 0. The summed E-state index contributed by atoms with van der Waals surface area (Å²) in [6.07, 6.45) is 3.39. The third kappa shape index (κ3) is 4.43. The van der Waals surface area contributed by atoms with Crippen molar-refractivity contribution in [2.45, 2.75) is 73.8 Å². The average Bonchev–Trinajstić information content (AvgIpc) is 2.63. The zero-order valence-electron chi connectivity index (χ0n) is 15.6. The summed E-state index contributed by atoms with van der Waals surface area (Å²) >= 11 is 0. The average molecular weight is 320 g/mol. The Hall–Kier alpha value is -1.16. The molecular formula is C19H32N2O2. The molecule has 0 radical (unpaired) electrons. The second-order valence-corrected chi connectivity index (χ2v) is 9.23. The van der Waals surface area contributed by atoms with Crippen molar-refractivity contribution in [1.82, 2.24) is 9.78 Å². The molecule has 0 saturated heterocycles. The highest BCUT2D eigenvalue weighted by Gasteiger charge is 2.36. The SMILES string of the molecule is CC(Cc1nn(CCO)c2c1C(=O)CC(C)(C)C2)CC(C)(C)C. The Balaban J connectivity index is 2.33. The van der Waals surface area contributed by atoms with Gasteiger partial charge in [-0.25, -0.2) is 0 Å². The molecule has 0 fully saturated rings. The van der Waals surface area contributed by atoms with Gasteiger partial charge in [-0.05, 0) is 36.0 Å². The van der Waals surface area contributed by atoms with Crippen LogP contribution in [0.4, 0.5) is 0 Å². The molecule has 130 valence electrons. The lowest BCUT2D eigenvalue weighted by molar-refractivity contribution is 0.0908. The summed E-state index contributed by atoms with van der Waals surface area (Å²) in [7, 11) is 0. The van der Waals surface area contributed by atoms with Crippen molar-refractivity contribution in [3.63, 3.8) is 0 Å². The topological polar surface area (TPSA) is 55.1 Å². The molecule has 1 unspecified atom stereocenters. The molecule has 1 heterocycles. The molecule has 0 aromatic carbocycles. The second kappa shape index (κ2) is 6.39. The summed E-state index contributed by atoms with van der Waals surface area (Å²) in [5, 5.41) is 14.0. The van der Waals surface area contributed by atoms with E-state index in [0.29, 0.717) is 18.9 Å². The molecule has 1 atom stereocenters. The van der Waals surface area contributed by atoms with Crippen LogP contribution in [0.3, 0.4) is 0 Å². The molecule has 1 aliphatic rings. The third-order valence-corrected chi connectivity index (χ3v) is 4.51. The first-order valence-electron chi connectivity index (χ1n) is 8.75. The van der Waals surface area contributed by atoms with E-state index in [1.54, 1.807) is 0 Å². The predicted octanol–water partition coefficient (Wildman–Crippen LogP) is 3.65. The molecule has 1 aromatic rings. The molecule has 0 spiro atoms. The van der Waals surface area contributed by atoms with Crippen LogP contribution < -0.4 is 0 Å². The van der Waals surface area contributed by atoms with Crippen molar-refractivity contribution in [2.24, 2.45) is 16.7 Å². The van der Waals surface area contributed by atoms with Crippen molar-refractivity contribution < 1.29 is 9.90 Å². The zero-order valence-corrected chi connectivity index (χ0v) is 15.6. The van der Waals surface area contributed by atoms with Crippen molar-refractivity contribution >= 4 is 5.78 Å². The van der Waals surface area contributed by atoms with Gasteiger partial charge < -0.3 is 5.11 Å². The van der Waals surface area contributed by atoms with Crippen LogP contribution in [0.1, 0.15) is 76.1 Å². The van der Waals surface area contributed by atoms with E-state index >= 15 is 0 Å². The summed E-state index contributed by atoms with van der Waals surface area (Å²) in [5.41, 5.74) is 3.06. The van der Waals surface area contributed by atoms with Gasteiger partial charge in [-0.1, -0.05) is 41.5 Å². The number of aliphatic hydroxyl groups is 1. The van der Waals surface area contributed by atoms with Gasteiger partial charge in [0.05, 0.1) is 30.1 Å². The van der Waals surface area contributed by atoms with Crippen LogP contribution >= 0.6 is 0 Å². The minimum atomic E-state index is -0.0222. The molecule has 4 heteroatoms. The summed E-state index contributed by atoms with van der Waals surface area (Å²) in [5.74, 6) is 0.706. The Kier molecular flexibility index (Phi) is 5.05. The number of ketones is 1. The minimum absolute atomic E-state index is 0.0222. The normalized spacial score (nSPS) is 18.8. The van der Waals surface area contributed by atoms with E-state index < -0.39 is 0 Å². The lowest BCUT2D eigenvalue weighted by Crippen LogP contribution is -2.29. The summed E-state index contributed by atoms with van der Waals surface area (Å²) in [6.45, 7) is 13.8. The van der Waals surface area contributed by atoms with E-state index in [-0.39, 0.29) is 23.2 Å². The Morgan fingerprint density at radius 1 is 1.30 bits per heavy atom. The molecule has 0 aliphatic heterocycles. The van der Waals surface area contributed by atoms with Gasteiger partial charge >= 0.3 is 0 Å². The third-order valence-electron chi connectivity index (χ3n) is 4.51. The van der Waals surface area contributed by atoms with Crippen molar-refractivity contribution in [3.8, 4) is 0 Å². The number of aromatic nitrogens is 2. The van der Waals surface area contributed by atoms with E-state index in [1.165, 1.54) is 0 Å². The fourth-order valence-electron chi connectivity index (χ4n) is 3.96. The molecular weight excluding hydrogens is 288 g/mol. The Morgan fingerprint density at radius 2 is 1.96 bits per heavy atom. The van der Waals surface area contributed by atoms with Gasteiger partial charge in [-0.15, -0.1) is 0 Å². The minimum Gasteiger partial charge on any atom is -0.394 e. The Labute approximate surface area is 140 Å². The van der Waals surface area contributed by atoms with Gasteiger partial charge in [-0.3, -0.25) is 9.48 Å². The van der Waals surface area contributed by atoms with Crippen molar-refractivity contribution in [1.29, 1.82) is 0 Å². The first-order chi connectivity index (χ1) is 10.5. The van der Waals surface area contributed by atoms with Crippen LogP contribution in [-0.2, 0) is 19.4 Å². The quantitative estimate of drug-likeness (QED) is 0.901. The van der Waals surface area contributed by atoms with E-state index in [2.05, 4.69) is 41.5 Å². The Morgan fingerprint density at radius 3 is 2.52 bits per heavy atom. The van der Waals surface area contributed by atoms with Crippen LogP contribution in [0.5, 0.6) is 0 Å².